The molecular weight excluding hydrogens is 278 g/mol. The van der Waals surface area contributed by atoms with Crippen molar-refractivity contribution < 1.29 is 9.90 Å². The minimum atomic E-state index is -0.703. The summed E-state index contributed by atoms with van der Waals surface area (Å²) < 4.78 is 0. The number of hydrogen-bond donors (Lipinski definition) is 2. The number of aryl methyl sites for hydroxylation is 1. The highest BCUT2D eigenvalue weighted by atomic mass is 16.4. The smallest absolute Gasteiger partial charge is 0.311 e. The van der Waals surface area contributed by atoms with E-state index in [2.05, 4.69) is 28.4 Å². The van der Waals surface area contributed by atoms with Crippen LogP contribution in [0, 0.1) is 5.41 Å². The number of aromatic nitrogens is 2. The Hall–Kier alpha value is -1.62. The van der Waals surface area contributed by atoms with Gasteiger partial charge in [-0.1, -0.05) is 19.4 Å². The van der Waals surface area contributed by atoms with E-state index in [1.165, 1.54) is 0 Å². The molecule has 0 radical (unpaired) electrons. The highest BCUT2D eigenvalue weighted by Crippen LogP contribution is 2.34. The molecule has 5 heteroatoms. The quantitative estimate of drug-likeness (QED) is 0.724. The van der Waals surface area contributed by atoms with Crippen molar-refractivity contribution in [2.75, 3.05) is 13.1 Å². The van der Waals surface area contributed by atoms with Gasteiger partial charge in [-0.15, -0.1) is 6.58 Å². The van der Waals surface area contributed by atoms with E-state index in [9.17, 15) is 9.90 Å². The van der Waals surface area contributed by atoms with Gasteiger partial charge in [0.1, 0.15) is 5.82 Å². The van der Waals surface area contributed by atoms with Gasteiger partial charge in [0.05, 0.1) is 5.41 Å². The number of rotatable bonds is 8. The highest BCUT2D eigenvalue weighted by molar-refractivity contribution is 5.75. The average Bonchev–Trinajstić information content (AvgIpc) is 2.93. The molecule has 5 nitrogen and oxygen atoms in total. The normalized spacial score (nSPS) is 22.6. The van der Waals surface area contributed by atoms with Crippen molar-refractivity contribution in [3.8, 4) is 0 Å². The number of H-pyrrole nitrogens is 1. The predicted molar refractivity (Wildman–Crippen MR) is 86.6 cm³/mol. The van der Waals surface area contributed by atoms with Crippen molar-refractivity contribution in [3.63, 3.8) is 0 Å². The van der Waals surface area contributed by atoms with Crippen LogP contribution in [0.2, 0.25) is 0 Å². The maximum Gasteiger partial charge on any atom is 0.311 e. The van der Waals surface area contributed by atoms with E-state index in [-0.39, 0.29) is 0 Å². The lowest BCUT2D eigenvalue weighted by molar-refractivity contribution is -0.152. The lowest BCUT2D eigenvalue weighted by Crippen LogP contribution is -2.47. The minimum absolute atomic E-state index is 0.531. The molecule has 1 aliphatic heterocycles. The fraction of sp³-hybridized carbons (Fsp3) is 0.647. The minimum Gasteiger partial charge on any atom is -0.481 e. The summed E-state index contributed by atoms with van der Waals surface area (Å²) in [6.45, 7) is 8.16. The largest absolute Gasteiger partial charge is 0.481 e. The number of allylic oxidation sites excluding steroid dienone is 1. The van der Waals surface area contributed by atoms with Crippen LogP contribution in [-0.2, 0) is 17.8 Å². The van der Waals surface area contributed by atoms with Crippen LogP contribution in [0.3, 0.4) is 0 Å². The van der Waals surface area contributed by atoms with E-state index in [4.69, 9.17) is 0 Å². The van der Waals surface area contributed by atoms with Crippen LogP contribution < -0.4 is 0 Å². The monoisotopic (exact) mass is 305 g/mol. The lowest BCUT2D eigenvalue weighted by Gasteiger charge is -2.39. The van der Waals surface area contributed by atoms with Gasteiger partial charge in [-0.3, -0.25) is 9.69 Å². The topological polar surface area (TPSA) is 69.2 Å². The van der Waals surface area contributed by atoms with E-state index >= 15 is 0 Å². The Morgan fingerprint density at radius 2 is 2.45 bits per heavy atom. The number of carboxylic acid groups (broad SMARTS) is 1. The van der Waals surface area contributed by atoms with Crippen LogP contribution in [0.4, 0.5) is 0 Å². The Morgan fingerprint density at radius 3 is 3.14 bits per heavy atom. The van der Waals surface area contributed by atoms with Crippen molar-refractivity contribution >= 4 is 5.97 Å². The van der Waals surface area contributed by atoms with Gasteiger partial charge >= 0.3 is 5.97 Å². The number of carboxylic acids is 1. The summed E-state index contributed by atoms with van der Waals surface area (Å²) in [5.74, 6) is 0.329. The van der Waals surface area contributed by atoms with Crippen molar-refractivity contribution in [3.05, 3.63) is 30.4 Å². The van der Waals surface area contributed by atoms with E-state index in [1.807, 2.05) is 6.20 Å². The van der Waals surface area contributed by atoms with Gasteiger partial charge < -0.3 is 10.1 Å². The molecule has 1 aliphatic rings. The van der Waals surface area contributed by atoms with Gasteiger partial charge in [0.15, 0.2) is 0 Å². The molecule has 1 aromatic heterocycles. The molecule has 1 saturated heterocycles. The number of hydrogen-bond acceptors (Lipinski definition) is 3. The molecule has 0 aliphatic carbocycles. The SMILES string of the molecule is C=CC[C@@]1(C(=O)O)CCCN(Cc2cnc(CCCC)[nH]2)C1. The first-order valence-corrected chi connectivity index (χ1v) is 8.19. The number of imidazole rings is 1. The first-order chi connectivity index (χ1) is 10.6. The maximum atomic E-state index is 11.7. The second kappa shape index (κ2) is 7.58. The fourth-order valence-corrected chi connectivity index (χ4v) is 3.27. The second-order valence-electron chi connectivity index (χ2n) is 6.35. The molecule has 0 amide bonds. The molecule has 1 atom stereocenters. The number of aliphatic carboxylic acids is 1. The van der Waals surface area contributed by atoms with Crippen LogP contribution in [0.5, 0.6) is 0 Å². The fourth-order valence-electron chi connectivity index (χ4n) is 3.27. The first kappa shape index (κ1) is 16.7. The predicted octanol–water partition coefficient (Wildman–Crippen LogP) is 3.00. The number of piperidine rings is 1. The summed E-state index contributed by atoms with van der Waals surface area (Å²) in [6, 6.07) is 0. The van der Waals surface area contributed by atoms with E-state index < -0.39 is 11.4 Å². The van der Waals surface area contributed by atoms with Crippen LogP contribution in [-0.4, -0.2) is 39.0 Å². The Bertz CT molecular complexity index is 512. The Balaban J connectivity index is 1.98. The van der Waals surface area contributed by atoms with Crippen LogP contribution in [0.15, 0.2) is 18.9 Å². The van der Waals surface area contributed by atoms with Gasteiger partial charge in [-0.2, -0.15) is 0 Å². The summed E-state index contributed by atoms with van der Waals surface area (Å²) in [4.78, 5) is 21.7. The second-order valence-corrected chi connectivity index (χ2v) is 6.35. The Morgan fingerprint density at radius 1 is 1.64 bits per heavy atom. The van der Waals surface area contributed by atoms with Crippen molar-refractivity contribution in [2.24, 2.45) is 5.41 Å². The van der Waals surface area contributed by atoms with Gasteiger partial charge in [0, 0.05) is 31.4 Å². The number of likely N-dealkylation sites (tertiary alicyclic amines) is 1. The zero-order valence-electron chi connectivity index (χ0n) is 13.5. The van der Waals surface area contributed by atoms with Gasteiger partial charge in [0.25, 0.3) is 0 Å². The highest BCUT2D eigenvalue weighted by Gasteiger charge is 2.41. The number of carbonyl (C=O) groups is 1. The average molecular weight is 305 g/mol. The summed E-state index contributed by atoms with van der Waals surface area (Å²) >= 11 is 0. The van der Waals surface area contributed by atoms with Crippen molar-refractivity contribution in [2.45, 2.75) is 52.0 Å². The van der Waals surface area contributed by atoms with Crippen molar-refractivity contribution in [1.82, 2.24) is 14.9 Å². The number of aromatic amines is 1. The molecule has 0 saturated carbocycles. The van der Waals surface area contributed by atoms with Gasteiger partial charge in [-0.05, 0) is 32.2 Å². The summed E-state index contributed by atoms with van der Waals surface area (Å²) in [5, 5.41) is 9.61. The molecule has 1 aromatic rings. The zero-order chi connectivity index (χ0) is 16.0. The first-order valence-electron chi connectivity index (χ1n) is 8.19. The summed E-state index contributed by atoms with van der Waals surface area (Å²) in [7, 11) is 0. The lowest BCUT2D eigenvalue weighted by atomic mass is 9.77. The molecule has 0 aromatic carbocycles. The number of unbranched alkanes of at least 4 members (excludes halogenated alkanes) is 1. The molecule has 122 valence electrons. The van der Waals surface area contributed by atoms with Gasteiger partial charge in [0.2, 0.25) is 0 Å². The number of nitrogens with zero attached hydrogens (tertiary/aromatic N) is 2. The molecule has 0 spiro atoms. The third-order valence-corrected chi connectivity index (χ3v) is 4.49. The van der Waals surface area contributed by atoms with E-state index in [0.29, 0.717) is 13.0 Å². The van der Waals surface area contributed by atoms with Gasteiger partial charge in [-0.25, -0.2) is 4.98 Å². The van der Waals surface area contributed by atoms with Crippen LogP contribution in [0.1, 0.15) is 50.5 Å². The maximum absolute atomic E-state index is 11.7. The Labute approximate surface area is 132 Å². The molecule has 22 heavy (non-hydrogen) atoms. The van der Waals surface area contributed by atoms with E-state index in [1.54, 1.807) is 6.08 Å². The van der Waals surface area contributed by atoms with Crippen LogP contribution in [0.25, 0.3) is 0 Å². The molecule has 0 unspecified atom stereocenters. The molecular formula is C17H27N3O2. The Kier molecular flexibility index (Phi) is 5.77. The van der Waals surface area contributed by atoms with E-state index in [0.717, 1.165) is 56.7 Å². The summed E-state index contributed by atoms with van der Waals surface area (Å²) in [5.41, 5.74) is 0.399. The zero-order valence-corrected chi connectivity index (χ0v) is 13.5. The third kappa shape index (κ3) is 3.97. The molecule has 2 rings (SSSR count). The standard InChI is InChI=1S/C17H27N3O2/c1-3-5-7-15-18-11-14(19-15)12-20-10-6-9-17(13-20,8-4-2)16(21)22/h4,11H,2-3,5-10,12-13H2,1H3,(H,18,19)(H,21,22)/t17-/m1/s1. The van der Waals surface area contributed by atoms with Crippen molar-refractivity contribution in [1.29, 1.82) is 0 Å². The summed E-state index contributed by atoms with van der Waals surface area (Å²) in [6.07, 6.45) is 9.07. The number of nitrogens with one attached hydrogen (secondary N) is 1. The molecule has 2 heterocycles. The molecule has 2 N–H and O–H groups in total. The molecule has 0 bridgehead atoms. The van der Waals surface area contributed by atoms with Crippen LogP contribution >= 0.6 is 0 Å². The third-order valence-electron chi connectivity index (χ3n) is 4.49. The molecule has 1 fully saturated rings.